The summed E-state index contributed by atoms with van der Waals surface area (Å²) in [6, 6.07) is 15.1. The standard InChI is InChI=1S/C28H23BrF3N3O6/c29-18-2-7-22(21(11-18)28(30,31)32)34-25(36)14-39-20-5-3-19(4-6-20)35-13-17(10-26(35)37)27(38)33-12-16-1-8-23-24(9-16)41-15-40-23/h1-9,11,17H,10,12-15H2,(H,33,38)(H,34,36)/t17-/m1/s1. The number of alkyl halides is 3. The number of fused-ring (bicyclic) bond motifs is 1. The lowest BCUT2D eigenvalue weighted by molar-refractivity contribution is -0.137. The molecule has 1 atom stereocenters. The molecule has 0 bridgehead atoms. The van der Waals surface area contributed by atoms with Crippen molar-refractivity contribution in [1.29, 1.82) is 0 Å². The SMILES string of the molecule is O=C(COc1ccc(N2C[C@H](C(=O)NCc3ccc4c(c3)OCO4)CC2=O)cc1)Nc1ccc(Br)cc1C(F)(F)F. The number of amides is 3. The Kier molecular flexibility index (Phi) is 8.06. The molecule has 0 unspecified atom stereocenters. The maximum absolute atomic E-state index is 13.3. The highest BCUT2D eigenvalue weighted by Gasteiger charge is 2.35. The molecule has 214 valence electrons. The first-order valence-corrected chi connectivity index (χ1v) is 13.2. The fourth-order valence-corrected chi connectivity index (χ4v) is 4.80. The summed E-state index contributed by atoms with van der Waals surface area (Å²) in [6.07, 6.45) is -4.59. The molecule has 0 aliphatic carbocycles. The number of benzene rings is 3. The van der Waals surface area contributed by atoms with Crippen molar-refractivity contribution in [3.63, 3.8) is 0 Å². The summed E-state index contributed by atoms with van der Waals surface area (Å²) < 4.78 is 56.1. The van der Waals surface area contributed by atoms with Crippen LogP contribution in [0.1, 0.15) is 17.5 Å². The van der Waals surface area contributed by atoms with Crippen LogP contribution in [0.4, 0.5) is 24.5 Å². The molecule has 3 aromatic carbocycles. The molecule has 0 aromatic heterocycles. The normalized spacial score (nSPS) is 16.0. The van der Waals surface area contributed by atoms with Gasteiger partial charge in [-0.3, -0.25) is 14.4 Å². The average molecular weight is 634 g/mol. The molecule has 13 heteroatoms. The molecule has 0 spiro atoms. The van der Waals surface area contributed by atoms with Gasteiger partial charge in [0.2, 0.25) is 18.6 Å². The van der Waals surface area contributed by atoms with Crippen LogP contribution in [0.25, 0.3) is 0 Å². The molecule has 2 aliphatic rings. The summed E-state index contributed by atoms with van der Waals surface area (Å²) in [4.78, 5) is 39.1. The van der Waals surface area contributed by atoms with E-state index in [0.717, 1.165) is 17.7 Å². The summed E-state index contributed by atoms with van der Waals surface area (Å²) in [7, 11) is 0. The molecule has 41 heavy (non-hydrogen) atoms. The number of nitrogens with zero attached hydrogens (tertiary/aromatic N) is 1. The Labute approximate surface area is 240 Å². The number of ether oxygens (including phenoxy) is 3. The molecule has 5 rings (SSSR count). The minimum absolute atomic E-state index is 0.0569. The largest absolute Gasteiger partial charge is 0.484 e. The Morgan fingerprint density at radius 1 is 1.02 bits per heavy atom. The zero-order valence-corrected chi connectivity index (χ0v) is 22.9. The molecule has 0 saturated carbocycles. The van der Waals surface area contributed by atoms with Crippen molar-refractivity contribution in [3.8, 4) is 17.2 Å². The Balaban J connectivity index is 1.12. The van der Waals surface area contributed by atoms with Gasteiger partial charge in [-0.15, -0.1) is 0 Å². The van der Waals surface area contributed by atoms with E-state index in [1.165, 1.54) is 23.1 Å². The van der Waals surface area contributed by atoms with Crippen molar-refractivity contribution in [2.24, 2.45) is 5.92 Å². The van der Waals surface area contributed by atoms with Gasteiger partial charge in [0.15, 0.2) is 18.1 Å². The second kappa shape index (κ2) is 11.7. The summed E-state index contributed by atoms with van der Waals surface area (Å²) >= 11 is 3.00. The van der Waals surface area contributed by atoms with Crippen LogP contribution < -0.4 is 29.7 Å². The Morgan fingerprint density at radius 2 is 1.78 bits per heavy atom. The number of nitrogens with one attached hydrogen (secondary N) is 2. The Hall–Kier alpha value is -4.26. The Morgan fingerprint density at radius 3 is 2.54 bits per heavy atom. The van der Waals surface area contributed by atoms with Crippen molar-refractivity contribution in [2.75, 3.05) is 30.2 Å². The van der Waals surface area contributed by atoms with Gasteiger partial charge in [0, 0.05) is 29.7 Å². The van der Waals surface area contributed by atoms with Gasteiger partial charge in [-0.05, 0) is 60.2 Å². The summed E-state index contributed by atoms with van der Waals surface area (Å²) in [5.41, 5.74) is 0.0136. The van der Waals surface area contributed by atoms with E-state index in [9.17, 15) is 27.6 Å². The molecule has 1 saturated heterocycles. The fourth-order valence-electron chi connectivity index (χ4n) is 4.43. The zero-order chi connectivity index (χ0) is 29.1. The van der Waals surface area contributed by atoms with Crippen LogP contribution in [0.15, 0.2) is 65.1 Å². The quantitative estimate of drug-likeness (QED) is 0.366. The minimum Gasteiger partial charge on any atom is -0.484 e. The molecule has 3 aromatic rings. The molecule has 3 amide bonds. The second-order valence-electron chi connectivity index (χ2n) is 9.33. The monoisotopic (exact) mass is 633 g/mol. The molecule has 2 heterocycles. The molecule has 2 aliphatic heterocycles. The number of hydrogen-bond donors (Lipinski definition) is 2. The number of carbonyl (C=O) groups is 3. The van der Waals surface area contributed by atoms with Crippen LogP contribution in [-0.2, 0) is 27.1 Å². The topological polar surface area (TPSA) is 106 Å². The van der Waals surface area contributed by atoms with Crippen LogP contribution in [0, 0.1) is 5.92 Å². The van der Waals surface area contributed by atoms with Crippen LogP contribution in [0.3, 0.4) is 0 Å². The van der Waals surface area contributed by atoms with E-state index in [1.807, 2.05) is 6.07 Å². The number of hydrogen-bond acceptors (Lipinski definition) is 6. The van der Waals surface area contributed by atoms with Gasteiger partial charge >= 0.3 is 6.18 Å². The van der Waals surface area contributed by atoms with E-state index in [2.05, 4.69) is 26.6 Å². The van der Waals surface area contributed by atoms with Crippen molar-refractivity contribution in [3.05, 3.63) is 76.3 Å². The van der Waals surface area contributed by atoms with Gasteiger partial charge in [-0.2, -0.15) is 13.2 Å². The van der Waals surface area contributed by atoms with E-state index in [4.69, 9.17) is 14.2 Å². The molecule has 1 fully saturated rings. The van der Waals surface area contributed by atoms with Gasteiger partial charge in [-0.1, -0.05) is 22.0 Å². The molecular weight excluding hydrogens is 611 g/mol. The van der Waals surface area contributed by atoms with E-state index in [-0.39, 0.29) is 54.0 Å². The van der Waals surface area contributed by atoms with Crippen LogP contribution in [0.5, 0.6) is 17.2 Å². The van der Waals surface area contributed by atoms with Crippen molar-refractivity contribution >= 4 is 45.0 Å². The maximum Gasteiger partial charge on any atom is 0.418 e. The fraction of sp³-hybridized carbons (Fsp3) is 0.250. The minimum atomic E-state index is -4.65. The van der Waals surface area contributed by atoms with Crippen molar-refractivity contribution in [2.45, 2.75) is 19.1 Å². The first-order chi connectivity index (χ1) is 19.6. The Bertz CT molecular complexity index is 1480. The lowest BCUT2D eigenvalue weighted by atomic mass is 10.1. The number of rotatable bonds is 8. The van der Waals surface area contributed by atoms with Gasteiger partial charge in [0.25, 0.3) is 5.91 Å². The van der Waals surface area contributed by atoms with Gasteiger partial charge in [0.05, 0.1) is 17.2 Å². The predicted molar refractivity (Wildman–Crippen MR) is 145 cm³/mol. The van der Waals surface area contributed by atoms with E-state index >= 15 is 0 Å². The van der Waals surface area contributed by atoms with E-state index < -0.39 is 30.2 Å². The first kappa shape index (κ1) is 28.3. The summed E-state index contributed by atoms with van der Waals surface area (Å²) in [6.45, 7) is 0.107. The van der Waals surface area contributed by atoms with Gasteiger partial charge < -0.3 is 29.7 Å². The average Bonchev–Trinajstić information content (AvgIpc) is 3.57. The smallest absolute Gasteiger partial charge is 0.418 e. The zero-order valence-electron chi connectivity index (χ0n) is 21.3. The lowest BCUT2D eigenvalue weighted by Crippen LogP contribution is -2.32. The number of anilines is 2. The summed E-state index contributed by atoms with van der Waals surface area (Å²) in [5.74, 6) is -0.215. The van der Waals surface area contributed by atoms with E-state index in [0.29, 0.717) is 17.2 Å². The third-order valence-electron chi connectivity index (χ3n) is 6.48. The molecule has 9 nitrogen and oxygen atoms in total. The van der Waals surface area contributed by atoms with E-state index in [1.54, 1.807) is 24.3 Å². The highest BCUT2D eigenvalue weighted by molar-refractivity contribution is 9.10. The molecule has 2 N–H and O–H groups in total. The lowest BCUT2D eigenvalue weighted by Gasteiger charge is -2.17. The highest BCUT2D eigenvalue weighted by atomic mass is 79.9. The van der Waals surface area contributed by atoms with Crippen molar-refractivity contribution < 1.29 is 41.8 Å². The molecule has 0 radical (unpaired) electrons. The van der Waals surface area contributed by atoms with Gasteiger partial charge in [-0.25, -0.2) is 0 Å². The highest BCUT2D eigenvalue weighted by Crippen LogP contribution is 2.37. The third-order valence-corrected chi connectivity index (χ3v) is 6.97. The molecular formula is C28H23BrF3N3O6. The first-order valence-electron chi connectivity index (χ1n) is 12.4. The number of halogens is 4. The maximum atomic E-state index is 13.3. The predicted octanol–water partition coefficient (Wildman–Crippen LogP) is 4.88. The van der Waals surface area contributed by atoms with Gasteiger partial charge in [0.1, 0.15) is 5.75 Å². The summed E-state index contributed by atoms with van der Waals surface area (Å²) in [5, 5.41) is 5.07. The second-order valence-corrected chi connectivity index (χ2v) is 10.2. The van der Waals surface area contributed by atoms with Crippen LogP contribution >= 0.6 is 15.9 Å². The number of carbonyl (C=O) groups excluding carboxylic acids is 3. The van der Waals surface area contributed by atoms with Crippen molar-refractivity contribution in [1.82, 2.24) is 5.32 Å². The van der Waals surface area contributed by atoms with Crippen LogP contribution in [0.2, 0.25) is 0 Å². The third kappa shape index (κ3) is 6.73. The van der Waals surface area contributed by atoms with Crippen LogP contribution in [-0.4, -0.2) is 37.7 Å².